The number of β-lactam (4-membered cyclic amide) rings is 1. The highest BCUT2D eigenvalue weighted by Gasteiger charge is 2.53. The second kappa shape index (κ2) is 11.2. The summed E-state index contributed by atoms with van der Waals surface area (Å²) in [6.45, 7) is 2.74. The minimum Gasteiger partial charge on any atom is -0.543 e. The molecule has 4 rings (SSSR count). The Labute approximate surface area is 224 Å². The largest absolute Gasteiger partial charge is 0.543 e. The normalized spacial score (nSPS) is 19.2. The molecule has 0 saturated carbocycles. The van der Waals surface area contributed by atoms with E-state index in [2.05, 4.69) is 15.5 Å². The van der Waals surface area contributed by atoms with Crippen molar-refractivity contribution in [3.8, 4) is 0 Å². The first-order valence-corrected chi connectivity index (χ1v) is 12.8. The summed E-state index contributed by atoms with van der Waals surface area (Å²) >= 11 is 2.32. The number of carbonyl (C=O) groups is 4. The molecule has 16 heteroatoms. The molecule has 0 radical (unpaired) electrons. The van der Waals surface area contributed by atoms with Crippen LogP contribution in [0.1, 0.15) is 19.5 Å². The number of amides is 2. The van der Waals surface area contributed by atoms with Crippen molar-refractivity contribution in [2.24, 2.45) is 5.16 Å². The van der Waals surface area contributed by atoms with Gasteiger partial charge in [-0.3, -0.25) is 14.5 Å². The summed E-state index contributed by atoms with van der Waals surface area (Å²) in [6.07, 6.45) is 3.55. The first-order chi connectivity index (χ1) is 17.5. The van der Waals surface area contributed by atoms with E-state index in [4.69, 9.17) is 10.6 Å². The molecular formula is C22H24N6O8S2. The average molecular weight is 565 g/mol. The topological polar surface area (TPSA) is 223 Å². The van der Waals surface area contributed by atoms with E-state index in [9.17, 15) is 29.4 Å². The standard InChI is InChI=1S/C22H22N6O7S2.H2O/c1-22(2,20(33)34)35-26-13(12-10-37-21(23)24-12)16(29)25-14-17(30)28-15(19(31)32)11(9-36-18(14)28)8-27-6-4-3-5-7-27;/h3-7,10,14,18H,8-9H2,1-2H3,(H4-,23,24,25,29,31,32,33,34);1H2/b26-13-;/t14-,18-;/m1./s1. The number of thioether (sulfide) groups is 1. The number of carboxylic acid groups (broad SMARTS) is 2. The van der Waals surface area contributed by atoms with Gasteiger partial charge in [-0.2, -0.15) is 0 Å². The van der Waals surface area contributed by atoms with E-state index in [1.807, 2.05) is 6.07 Å². The van der Waals surface area contributed by atoms with Gasteiger partial charge in [-0.1, -0.05) is 11.2 Å². The summed E-state index contributed by atoms with van der Waals surface area (Å²) in [6, 6.07) is 4.36. The second-order valence-electron chi connectivity index (χ2n) is 8.57. The Morgan fingerprint density at radius 2 is 2.03 bits per heavy atom. The van der Waals surface area contributed by atoms with Crippen LogP contribution in [0.5, 0.6) is 0 Å². The SMILES string of the molecule is CC(C)(O/N=C(\C(=O)N[C@@H]1C(=O)N2C(C(=O)[O-])=C(C[n+]3ccccc3)CS[C@H]12)c1csc(N)n1)C(=O)O.O. The molecule has 2 aromatic rings. The fourth-order valence-electron chi connectivity index (χ4n) is 3.56. The van der Waals surface area contributed by atoms with Crippen LogP contribution >= 0.6 is 23.1 Å². The van der Waals surface area contributed by atoms with Crippen molar-refractivity contribution >= 4 is 57.7 Å². The third kappa shape index (κ3) is 5.61. The van der Waals surface area contributed by atoms with Crippen LogP contribution in [0.15, 0.2) is 52.4 Å². The number of nitrogen functional groups attached to an aromatic ring is 1. The van der Waals surface area contributed by atoms with Gasteiger partial charge in [0.2, 0.25) is 5.60 Å². The molecule has 2 aliphatic heterocycles. The molecule has 0 aromatic carbocycles. The lowest BCUT2D eigenvalue weighted by Crippen LogP contribution is -2.71. The fourth-order valence-corrected chi connectivity index (χ4v) is 5.45. The Bertz CT molecular complexity index is 1330. The van der Waals surface area contributed by atoms with E-state index in [1.54, 1.807) is 29.1 Å². The van der Waals surface area contributed by atoms with Crippen LogP contribution in [-0.2, 0) is 30.6 Å². The summed E-state index contributed by atoms with van der Waals surface area (Å²) in [4.78, 5) is 59.6. The molecule has 0 spiro atoms. The molecule has 0 bridgehead atoms. The van der Waals surface area contributed by atoms with Gasteiger partial charge in [0.05, 0.1) is 11.7 Å². The number of anilines is 1. The number of nitrogens with one attached hydrogen (secondary N) is 1. The van der Waals surface area contributed by atoms with Crippen molar-refractivity contribution in [3.05, 3.63) is 52.9 Å². The lowest BCUT2D eigenvalue weighted by molar-refractivity contribution is -0.689. The number of nitrogens with two attached hydrogens (primary N) is 1. The molecule has 0 unspecified atom stereocenters. The van der Waals surface area contributed by atoms with Crippen LogP contribution in [0.2, 0.25) is 0 Å². The number of hydrogen-bond donors (Lipinski definition) is 3. The molecular weight excluding hydrogens is 540 g/mol. The Morgan fingerprint density at radius 3 is 2.61 bits per heavy atom. The van der Waals surface area contributed by atoms with Crippen molar-refractivity contribution in [1.29, 1.82) is 0 Å². The van der Waals surface area contributed by atoms with Crippen LogP contribution in [0, 0.1) is 0 Å². The van der Waals surface area contributed by atoms with E-state index in [0.29, 0.717) is 11.3 Å². The number of rotatable bonds is 9. The molecule has 38 heavy (non-hydrogen) atoms. The zero-order valence-corrected chi connectivity index (χ0v) is 21.7. The quantitative estimate of drug-likeness (QED) is 0.130. The van der Waals surface area contributed by atoms with Crippen molar-refractivity contribution < 1.29 is 44.3 Å². The average Bonchev–Trinajstić information content (AvgIpc) is 3.28. The first kappa shape index (κ1) is 28.5. The minimum atomic E-state index is -1.75. The Hall–Kier alpha value is -4.02. The van der Waals surface area contributed by atoms with Gasteiger partial charge in [0.25, 0.3) is 11.8 Å². The van der Waals surface area contributed by atoms with Crippen molar-refractivity contribution in [1.82, 2.24) is 15.2 Å². The number of nitrogens with zero attached hydrogens (tertiary/aromatic N) is 4. The van der Waals surface area contributed by atoms with Gasteiger partial charge >= 0.3 is 5.97 Å². The number of thiazole rings is 1. The number of hydrogen-bond acceptors (Lipinski definition) is 11. The van der Waals surface area contributed by atoms with E-state index >= 15 is 0 Å². The van der Waals surface area contributed by atoms with E-state index in [1.165, 1.54) is 31.0 Å². The monoisotopic (exact) mass is 564 g/mol. The summed E-state index contributed by atoms with van der Waals surface area (Å²) in [5, 5.41) is 28.4. The van der Waals surface area contributed by atoms with E-state index in [0.717, 1.165) is 16.2 Å². The number of oxime groups is 1. The van der Waals surface area contributed by atoms with Gasteiger partial charge in [0, 0.05) is 28.8 Å². The van der Waals surface area contributed by atoms with Gasteiger partial charge in [0.1, 0.15) is 17.1 Å². The molecule has 1 saturated heterocycles. The van der Waals surface area contributed by atoms with Gasteiger partial charge in [-0.25, -0.2) is 14.3 Å². The predicted molar refractivity (Wildman–Crippen MR) is 133 cm³/mol. The number of aromatic nitrogens is 2. The third-order valence-electron chi connectivity index (χ3n) is 5.54. The number of fused-ring (bicyclic) bond motifs is 1. The predicted octanol–water partition coefficient (Wildman–Crippen LogP) is -2.12. The zero-order chi connectivity index (χ0) is 26.9. The van der Waals surface area contributed by atoms with Crippen LogP contribution in [-0.4, -0.2) is 72.7 Å². The summed E-state index contributed by atoms with van der Waals surface area (Å²) in [7, 11) is 0. The highest BCUT2D eigenvalue weighted by Crippen LogP contribution is 2.40. The molecule has 1 fully saturated rings. The van der Waals surface area contributed by atoms with Crippen LogP contribution < -0.4 is 20.7 Å². The van der Waals surface area contributed by atoms with Crippen molar-refractivity contribution in [3.63, 3.8) is 0 Å². The summed E-state index contributed by atoms with van der Waals surface area (Å²) in [5.41, 5.74) is 3.83. The third-order valence-corrected chi connectivity index (χ3v) is 7.55. The first-order valence-electron chi connectivity index (χ1n) is 10.8. The summed E-state index contributed by atoms with van der Waals surface area (Å²) < 4.78 is 1.78. The second-order valence-corrected chi connectivity index (χ2v) is 10.6. The van der Waals surface area contributed by atoms with Crippen molar-refractivity contribution in [2.75, 3.05) is 11.5 Å². The Balaban J connectivity index is 0.00000400. The maximum atomic E-state index is 13.1. The van der Waals surface area contributed by atoms with Gasteiger partial charge in [0.15, 0.2) is 29.8 Å². The molecule has 0 aliphatic carbocycles. The number of carboxylic acids is 2. The van der Waals surface area contributed by atoms with Gasteiger partial charge in [-0.05, 0) is 13.8 Å². The fraction of sp³-hybridized carbons (Fsp3) is 0.318. The van der Waals surface area contributed by atoms with E-state index < -0.39 is 40.8 Å². The minimum absolute atomic E-state index is 0. The van der Waals surface area contributed by atoms with Gasteiger partial charge < -0.3 is 36.4 Å². The highest BCUT2D eigenvalue weighted by molar-refractivity contribution is 8.00. The van der Waals surface area contributed by atoms with Crippen LogP contribution in [0.25, 0.3) is 0 Å². The Morgan fingerprint density at radius 1 is 1.34 bits per heavy atom. The summed E-state index contributed by atoms with van der Waals surface area (Å²) in [5.74, 6) is -4.01. The molecule has 4 heterocycles. The smallest absolute Gasteiger partial charge is 0.350 e. The molecule has 2 aromatic heterocycles. The maximum absolute atomic E-state index is 13.1. The highest BCUT2D eigenvalue weighted by atomic mass is 32.2. The molecule has 2 amide bonds. The number of pyridine rings is 1. The lowest BCUT2D eigenvalue weighted by Gasteiger charge is -2.50. The van der Waals surface area contributed by atoms with E-state index in [-0.39, 0.29) is 34.3 Å². The van der Waals surface area contributed by atoms with Gasteiger partial charge in [-0.15, -0.1) is 23.1 Å². The molecule has 2 aliphatic rings. The number of carbonyl (C=O) groups excluding carboxylic acids is 3. The van der Waals surface area contributed by atoms with Crippen molar-refractivity contribution in [2.45, 2.75) is 37.4 Å². The maximum Gasteiger partial charge on any atom is 0.350 e. The zero-order valence-electron chi connectivity index (χ0n) is 20.1. The molecule has 14 nitrogen and oxygen atoms in total. The van der Waals surface area contributed by atoms with Crippen LogP contribution in [0.3, 0.4) is 0 Å². The lowest BCUT2D eigenvalue weighted by atomic mass is 10.0. The molecule has 6 N–H and O–H groups in total. The Kier molecular flexibility index (Phi) is 8.38. The molecule has 202 valence electrons. The van der Waals surface area contributed by atoms with Crippen LogP contribution in [0.4, 0.5) is 5.13 Å². The number of aliphatic carboxylic acids is 2. The molecule has 2 atom stereocenters.